The van der Waals surface area contributed by atoms with Crippen LogP contribution in [0.5, 0.6) is 5.75 Å². The van der Waals surface area contributed by atoms with Crippen LogP contribution in [0.2, 0.25) is 0 Å². The molecule has 0 bridgehead atoms. The summed E-state index contributed by atoms with van der Waals surface area (Å²) in [4.78, 5) is 2.52. The molecule has 0 aromatic heterocycles. The predicted molar refractivity (Wildman–Crippen MR) is 114 cm³/mol. The van der Waals surface area contributed by atoms with Crippen molar-refractivity contribution in [3.05, 3.63) is 65.7 Å². The molecule has 1 aliphatic heterocycles. The Hall–Kier alpha value is -1.55. The van der Waals surface area contributed by atoms with Crippen molar-refractivity contribution in [3.63, 3.8) is 0 Å². The molecule has 0 aliphatic carbocycles. The molecule has 0 amide bonds. The number of hydrogen-bond donors (Lipinski definition) is 1. The van der Waals surface area contributed by atoms with Crippen LogP contribution in [0.3, 0.4) is 0 Å². The number of benzene rings is 2. The number of hydrogen-bond acceptors (Lipinski definition) is 3. The molecule has 1 heterocycles. The van der Waals surface area contributed by atoms with Crippen molar-refractivity contribution in [1.29, 1.82) is 0 Å². The molecular weight excluding hydrogens is 358 g/mol. The summed E-state index contributed by atoms with van der Waals surface area (Å²) in [7, 11) is 1.67. The van der Waals surface area contributed by atoms with Crippen LogP contribution in [-0.4, -0.2) is 36.8 Å². The van der Waals surface area contributed by atoms with Gasteiger partial charge < -0.3 is 14.7 Å². The summed E-state index contributed by atoms with van der Waals surface area (Å²) in [5, 5.41) is 11.8. The number of nitrogens with zero attached hydrogens (tertiary/aromatic N) is 1. The van der Waals surface area contributed by atoms with E-state index in [0.717, 1.165) is 30.9 Å². The average molecular weight is 390 g/mol. The fourth-order valence-corrected chi connectivity index (χ4v) is 4.15. The third-order valence-corrected chi connectivity index (χ3v) is 5.80. The minimum absolute atomic E-state index is 0. The van der Waals surface area contributed by atoms with Gasteiger partial charge in [0.25, 0.3) is 0 Å². The van der Waals surface area contributed by atoms with Gasteiger partial charge >= 0.3 is 0 Å². The highest BCUT2D eigenvalue weighted by Gasteiger charge is 2.39. The van der Waals surface area contributed by atoms with Crippen molar-refractivity contribution < 1.29 is 9.84 Å². The van der Waals surface area contributed by atoms with Crippen molar-refractivity contribution >= 4 is 12.4 Å². The van der Waals surface area contributed by atoms with Crippen LogP contribution in [0, 0.1) is 0 Å². The molecule has 1 fully saturated rings. The lowest BCUT2D eigenvalue weighted by molar-refractivity contribution is -0.0105. The first kappa shape index (κ1) is 21.7. The molecule has 0 spiro atoms. The molecule has 1 aliphatic rings. The number of ether oxygens (including phenoxy) is 1. The Morgan fingerprint density at radius 3 is 2.19 bits per heavy atom. The fraction of sp³-hybridized carbons (Fsp3) is 0.478. The summed E-state index contributed by atoms with van der Waals surface area (Å²) >= 11 is 0. The number of likely N-dealkylation sites (tertiary alicyclic amines) is 1. The van der Waals surface area contributed by atoms with E-state index >= 15 is 0 Å². The van der Waals surface area contributed by atoms with E-state index < -0.39 is 5.60 Å². The molecule has 2 unspecified atom stereocenters. The Balaban J connectivity index is 0.00000261. The van der Waals surface area contributed by atoms with E-state index in [-0.39, 0.29) is 18.3 Å². The molecule has 3 nitrogen and oxygen atoms in total. The highest BCUT2D eigenvalue weighted by molar-refractivity contribution is 5.85. The molecule has 148 valence electrons. The zero-order valence-electron chi connectivity index (χ0n) is 16.4. The Kier molecular flexibility index (Phi) is 8.15. The summed E-state index contributed by atoms with van der Waals surface area (Å²) < 4.78 is 5.29. The number of piperidine rings is 1. The Labute approximate surface area is 169 Å². The molecule has 0 radical (unpaired) electrons. The van der Waals surface area contributed by atoms with Gasteiger partial charge in [-0.1, -0.05) is 55.8 Å². The van der Waals surface area contributed by atoms with Gasteiger partial charge in [0.2, 0.25) is 0 Å². The maximum atomic E-state index is 11.8. The van der Waals surface area contributed by atoms with Gasteiger partial charge in [-0.05, 0) is 55.6 Å². The molecule has 2 atom stereocenters. The first-order chi connectivity index (χ1) is 12.7. The SMILES string of the molecule is CCC(O)(c1ccc(OC)cc1)C(CN1CCCCC1)c1ccccc1.Cl. The summed E-state index contributed by atoms with van der Waals surface area (Å²) in [6.07, 6.45) is 4.51. The third kappa shape index (κ3) is 5.04. The monoisotopic (exact) mass is 389 g/mol. The van der Waals surface area contributed by atoms with Crippen LogP contribution >= 0.6 is 12.4 Å². The second kappa shape index (κ2) is 10.1. The lowest BCUT2D eigenvalue weighted by atomic mass is 9.75. The van der Waals surface area contributed by atoms with Crippen LogP contribution in [0.4, 0.5) is 0 Å². The van der Waals surface area contributed by atoms with Gasteiger partial charge in [-0.15, -0.1) is 12.4 Å². The number of halogens is 1. The minimum atomic E-state index is -0.898. The van der Waals surface area contributed by atoms with E-state index in [1.54, 1.807) is 7.11 Å². The number of methoxy groups -OCH3 is 1. The fourth-order valence-electron chi connectivity index (χ4n) is 4.15. The molecule has 27 heavy (non-hydrogen) atoms. The first-order valence-electron chi connectivity index (χ1n) is 9.81. The van der Waals surface area contributed by atoms with E-state index in [1.165, 1.54) is 24.8 Å². The highest BCUT2D eigenvalue weighted by Crippen LogP contribution is 2.41. The van der Waals surface area contributed by atoms with Crippen LogP contribution in [0.15, 0.2) is 54.6 Å². The standard InChI is InChI=1S/C23H31NO2.ClH/c1-3-23(25,20-12-14-21(26-2)15-13-20)22(19-10-6-4-7-11-19)18-24-16-8-5-9-17-24;/h4,6-7,10-15,22,25H,3,5,8-9,16-18H2,1-2H3;1H. The van der Waals surface area contributed by atoms with E-state index in [4.69, 9.17) is 4.74 Å². The lowest BCUT2D eigenvalue weighted by Gasteiger charge is -2.40. The number of aliphatic hydroxyl groups is 1. The van der Waals surface area contributed by atoms with E-state index in [2.05, 4.69) is 36.1 Å². The molecule has 4 heteroatoms. The highest BCUT2D eigenvalue weighted by atomic mass is 35.5. The van der Waals surface area contributed by atoms with E-state index in [1.807, 2.05) is 30.3 Å². The second-order valence-electron chi connectivity index (χ2n) is 7.33. The van der Waals surface area contributed by atoms with Crippen molar-refractivity contribution in [2.24, 2.45) is 0 Å². The molecule has 3 rings (SSSR count). The zero-order valence-corrected chi connectivity index (χ0v) is 17.3. The van der Waals surface area contributed by atoms with Crippen molar-refractivity contribution in [2.45, 2.75) is 44.1 Å². The van der Waals surface area contributed by atoms with Crippen molar-refractivity contribution in [3.8, 4) is 5.75 Å². The second-order valence-corrected chi connectivity index (χ2v) is 7.33. The van der Waals surface area contributed by atoms with Gasteiger partial charge in [-0.3, -0.25) is 0 Å². The molecule has 0 saturated carbocycles. The summed E-state index contributed by atoms with van der Waals surface area (Å²) in [5.41, 5.74) is 1.27. The van der Waals surface area contributed by atoms with Gasteiger partial charge in [0.1, 0.15) is 5.75 Å². The van der Waals surface area contributed by atoms with Gasteiger partial charge in [-0.25, -0.2) is 0 Å². The Bertz CT molecular complexity index is 671. The molecule has 1 N–H and O–H groups in total. The minimum Gasteiger partial charge on any atom is -0.497 e. The number of rotatable bonds is 7. The van der Waals surface area contributed by atoms with Gasteiger partial charge in [-0.2, -0.15) is 0 Å². The third-order valence-electron chi connectivity index (χ3n) is 5.80. The van der Waals surface area contributed by atoms with Gasteiger partial charge in [0.05, 0.1) is 12.7 Å². The van der Waals surface area contributed by atoms with Crippen LogP contribution in [0.1, 0.15) is 49.7 Å². The van der Waals surface area contributed by atoms with Crippen LogP contribution in [0.25, 0.3) is 0 Å². The van der Waals surface area contributed by atoms with Crippen molar-refractivity contribution in [1.82, 2.24) is 4.90 Å². The Morgan fingerprint density at radius 1 is 1.00 bits per heavy atom. The average Bonchev–Trinajstić information content (AvgIpc) is 2.73. The quantitative estimate of drug-likeness (QED) is 0.724. The van der Waals surface area contributed by atoms with Gasteiger partial charge in [0, 0.05) is 12.5 Å². The van der Waals surface area contributed by atoms with Crippen LogP contribution in [-0.2, 0) is 5.60 Å². The van der Waals surface area contributed by atoms with Crippen LogP contribution < -0.4 is 4.74 Å². The first-order valence-corrected chi connectivity index (χ1v) is 9.81. The molecule has 2 aromatic carbocycles. The molecule has 2 aromatic rings. The molecular formula is C23H32ClNO2. The summed E-state index contributed by atoms with van der Waals surface area (Å²) in [5.74, 6) is 0.861. The predicted octanol–water partition coefficient (Wildman–Crippen LogP) is 4.98. The maximum absolute atomic E-state index is 11.8. The topological polar surface area (TPSA) is 32.7 Å². The summed E-state index contributed by atoms with van der Waals surface area (Å²) in [6, 6.07) is 18.4. The lowest BCUT2D eigenvalue weighted by Crippen LogP contribution is -2.42. The largest absolute Gasteiger partial charge is 0.497 e. The smallest absolute Gasteiger partial charge is 0.118 e. The van der Waals surface area contributed by atoms with E-state index in [0.29, 0.717) is 6.42 Å². The van der Waals surface area contributed by atoms with Gasteiger partial charge in [0.15, 0.2) is 0 Å². The Morgan fingerprint density at radius 2 is 1.63 bits per heavy atom. The molecule has 1 saturated heterocycles. The van der Waals surface area contributed by atoms with E-state index in [9.17, 15) is 5.11 Å². The summed E-state index contributed by atoms with van der Waals surface area (Å²) in [6.45, 7) is 5.23. The van der Waals surface area contributed by atoms with Crippen molar-refractivity contribution in [2.75, 3.05) is 26.7 Å². The zero-order chi connectivity index (χ0) is 18.4. The normalized spacial score (nSPS) is 18.2. The maximum Gasteiger partial charge on any atom is 0.118 e.